The molecule has 1 aliphatic rings. The number of nitrogens with zero attached hydrogens (tertiary/aromatic N) is 4. The summed E-state index contributed by atoms with van der Waals surface area (Å²) < 4.78 is 40.6. The van der Waals surface area contributed by atoms with Gasteiger partial charge in [0, 0.05) is 37.3 Å². The maximum atomic E-state index is 13.6. The molecule has 0 unspecified atom stereocenters. The number of carbonyl (C=O) groups is 2. The van der Waals surface area contributed by atoms with Crippen molar-refractivity contribution in [3.63, 3.8) is 0 Å². The number of imidazole rings is 1. The molecule has 3 aromatic carbocycles. The molecule has 5 N–H and O–H groups in total. The number of hydrogen-bond donors (Lipinski definition) is 5. The molecule has 3 heterocycles. The number of aromatic nitrogens is 4. The first-order valence-corrected chi connectivity index (χ1v) is 13.0. The number of aliphatic carboxylic acids is 1. The van der Waals surface area contributed by atoms with Crippen molar-refractivity contribution in [2.75, 3.05) is 48.3 Å². The minimum atomic E-state index is -4.56. The molecule has 1 amide bonds. The molecule has 216 valence electrons. The third-order valence-corrected chi connectivity index (χ3v) is 7.10. The fraction of sp³-hybridized carbons (Fsp3) is 0.214. The Bertz CT molecular complexity index is 1790. The zero-order valence-corrected chi connectivity index (χ0v) is 22.0. The second kappa shape index (κ2) is 10.7. The van der Waals surface area contributed by atoms with E-state index in [4.69, 9.17) is 5.11 Å². The summed E-state index contributed by atoms with van der Waals surface area (Å²) in [6, 6.07) is 13.8. The van der Waals surface area contributed by atoms with Gasteiger partial charge in [0.2, 0.25) is 5.95 Å². The number of halogens is 3. The quantitative estimate of drug-likeness (QED) is 0.188. The molecule has 42 heavy (non-hydrogen) atoms. The summed E-state index contributed by atoms with van der Waals surface area (Å²) >= 11 is 0. The van der Waals surface area contributed by atoms with E-state index in [2.05, 4.69) is 30.8 Å². The monoisotopic (exact) mass is 578 g/mol. The lowest BCUT2D eigenvalue weighted by Crippen LogP contribution is -2.48. The van der Waals surface area contributed by atoms with E-state index in [9.17, 15) is 22.8 Å². The second-order valence-corrected chi connectivity index (χ2v) is 9.92. The average molecular weight is 579 g/mol. The summed E-state index contributed by atoms with van der Waals surface area (Å²) in [5.74, 6) is -1.23. The van der Waals surface area contributed by atoms with Gasteiger partial charge in [0.15, 0.2) is 0 Å². The van der Waals surface area contributed by atoms with Crippen molar-refractivity contribution in [3.05, 3.63) is 71.9 Å². The van der Waals surface area contributed by atoms with Gasteiger partial charge in [0.05, 0.1) is 51.8 Å². The molecule has 0 atom stereocenters. The van der Waals surface area contributed by atoms with Gasteiger partial charge in [-0.15, -0.1) is 0 Å². The topological polar surface area (TPSA) is 142 Å². The largest absolute Gasteiger partial charge is 0.480 e. The van der Waals surface area contributed by atoms with Crippen LogP contribution in [-0.2, 0) is 11.0 Å². The normalized spacial score (nSPS) is 14.4. The molecule has 0 radical (unpaired) electrons. The van der Waals surface area contributed by atoms with E-state index in [1.807, 2.05) is 15.9 Å². The highest BCUT2D eigenvalue weighted by Gasteiger charge is 2.33. The van der Waals surface area contributed by atoms with Crippen LogP contribution in [0.5, 0.6) is 0 Å². The maximum absolute atomic E-state index is 13.6. The Labute approximate surface area is 236 Å². The number of rotatable bonds is 7. The molecule has 1 saturated heterocycles. The number of H-pyrrole nitrogens is 2. The maximum Gasteiger partial charge on any atom is 0.418 e. The van der Waals surface area contributed by atoms with Gasteiger partial charge in [0.1, 0.15) is 0 Å². The van der Waals surface area contributed by atoms with Crippen LogP contribution >= 0.6 is 0 Å². The first-order valence-electron chi connectivity index (χ1n) is 13.0. The fourth-order valence-corrected chi connectivity index (χ4v) is 5.07. The van der Waals surface area contributed by atoms with Gasteiger partial charge in [-0.05, 0) is 42.5 Å². The molecule has 0 saturated carbocycles. The first kappa shape index (κ1) is 27.1. The number of hydrogen-bond acceptors (Lipinski definition) is 7. The number of alkyl halides is 3. The van der Waals surface area contributed by atoms with Crippen LogP contribution in [-0.4, -0.2) is 74.8 Å². The molecule has 14 heteroatoms. The van der Waals surface area contributed by atoms with Crippen molar-refractivity contribution in [2.24, 2.45) is 0 Å². The fourth-order valence-electron chi connectivity index (χ4n) is 5.07. The molecule has 1 fully saturated rings. The Hall–Kier alpha value is -5.11. The van der Waals surface area contributed by atoms with E-state index < -0.39 is 23.6 Å². The Morgan fingerprint density at radius 3 is 2.55 bits per heavy atom. The van der Waals surface area contributed by atoms with Crippen LogP contribution in [0.4, 0.5) is 36.2 Å². The van der Waals surface area contributed by atoms with Crippen LogP contribution in [0.25, 0.3) is 21.9 Å². The van der Waals surface area contributed by atoms with Crippen LogP contribution in [0.15, 0.2) is 60.8 Å². The highest BCUT2D eigenvalue weighted by atomic mass is 19.4. The van der Waals surface area contributed by atoms with Gasteiger partial charge in [-0.3, -0.25) is 19.6 Å². The number of aromatic amines is 2. The number of carboxylic acid groups (broad SMARTS) is 1. The van der Waals surface area contributed by atoms with Crippen molar-refractivity contribution in [1.82, 2.24) is 25.1 Å². The summed E-state index contributed by atoms with van der Waals surface area (Å²) in [5, 5.41) is 22.5. The molecular weight excluding hydrogens is 553 g/mol. The Morgan fingerprint density at radius 1 is 1.00 bits per heavy atom. The molecule has 1 aliphatic heterocycles. The van der Waals surface area contributed by atoms with Gasteiger partial charge in [-0.2, -0.15) is 18.3 Å². The van der Waals surface area contributed by atoms with Crippen LogP contribution in [0.2, 0.25) is 0 Å². The number of amides is 1. The SMILES string of the molecule is O=C(O)CN1CCN(c2cc3nc(Nc4ccccc4C(F)(F)F)[nH]c3cc2C(=O)Nc2ccc3cn[nH]c3c2)CC1. The lowest BCUT2D eigenvalue weighted by Gasteiger charge is -2.36. The van der Waals surface area contributed by atoms with Gasteiger partial charge < -0.3 is 25.6 Å². The third-order valence-electron chi connectivity index (χ3n) is 7.10. The number of para-hydroxylation sites is 1. The number of carboxylic acids is 1. The zero-order chi connectivity index (χ0) is 29.4. The molecule has 5 aromatic rings. The standard InChI is InChI=1S/C28H25F3N8O3/c29-28(30,31)19-3-1-2-4-20(19)34-27-35-22-12-18(26(42)33-17-6-5-16-14-32-37-21(16)11-17)24(13-23(22)36-27)39-9-7-38(8-10-39)15-25(40)41/h1-6,11-14H,7-10,15H2,(H,32,37)(H,33,42)(H,40,41)(H2,34,35,36). The van der Waals surface area contributed by atoms with Gasteiger partial charge in [-0.25, -0.2) is 4.98 Å². The zero-order valence-electron chi connectivity index (χ0n) is 22.0. The van der Waals surface area contributed by atoms with Crippen molar-refractivity contribution in [2.45, 2.75) is 6.18 Å². The van der Waals surface area contributed by atoms with E-state index in [-0.39, 0.29) is 18.2 Å². The van der Waals surface area contributed by atoms with Gasteiger partial charge >= 0.3 is 12.1 Å². The summed E-state index contributed by atoms with van der Waals surface area (Å²) in [6.07, 6.45) is -2.88. The molecule has 0 bridgehead atoms. The van der Waals surface area contributed by atoms with E-state index >= 15 is 0 Å². The molecule has 6 rings (SSSR count). The van der Waals surface area contributed by atoms with E-state index in [0.717, 1.165) is 17.0 Å². The van der Waals surface area contributed by atoms with Crippen LogP contribution < -0.4 is 15.5 Å². The summed E-state index contributed by atoms with van der Waals surface area (Å²) in [5.41, 5.74) is 2.10. The Balaban J connectivity index is 1.34. The molecule has 11 nitrogen and oxygen atoms in total. The predicted molar refractivity (Wildman–Crippen MR) is 151 cm³/mol. The highest BCUT2D eigenvalue weighted by molar-refractivity contribution is 6.11. The van der Waals surface area contributed by atoms with Crippen LogP contribution in [0, 0.1) is 0 Å². The number of anilines is 4. The van der Waals surface area contributed by atoms with Crippen molar-refractivity contribution in [3.8, 4) is 0 Å². The molecule has 0 spiro atoms. The number of nitrogens with one attached hydrogen (secondary N) is 4. The van der Waals surface area contributed by atoms with Crippen molar-refractivity contribution < 1.29 is 27.9 Å². The lowest BCUT2D eigenvalue weighted by molar-refractivity contribution is -0.138. The van der Waals surface area contributed by atoms with Crippen molar-refractivity contribution in [1.29, 1.82) is 0 Å². The predicted octanol–water partition coefficient (Wildman–Crippen LogP) is 4.66. The lowest BCUT2D eigenvalue weighted by atomic mass is 10.1. The van der Waals surface area contributed by atoms with Crippen LogP contribution in [0.1, 0.15) is 15.9 Å². The third kappa shape index (κ3) is 5.56. The van der Waals surface area contributed by atoms with Crippen molar-refractivity contribution >= 4 is 56.8 Å². The minimum absolute atomic E-state index is 0.0793. The molecular formula is C28H25F3N8O3. The smallest absolute Gasteiger partial charge is 0.418 e. The number of carbonyl (C=O) groups excluding carboxylic acids is 1. The summed E-state index contributed by atoms with van der Waals surface area (Å²) in [7, 11) is 0. The van der Waals surface area contributed by atoms with E-state index in [0.29, 0.717) is 54.2 Å². The van der Waals surface area contributed by atoms with Crippen LogP contribution in [0.3, 0.4) is 0 Å². The van der Waals surface area contributed by atoms with Gasteiger partial charge in [-0.1, -0.05) is 12.1 Å². The number of benzene rings is 3. The Morgan fingerprint density at radius 2 is 1.79 bits per heavy atom. The minimum Gasteiger partial charge on any atom is -0.480 e. The summed E-state index contributed by atoms with van der Waals surface area (Å²) in [4.78, 5) is 36.0. The average Bonchev–Trinajstić information content (AvgIpc) is 3.58. The highest BCUT2D eigenvalue weighted by Crippen LogP contribution is 2.36. The molecule has 2 aromatic heterocycles. The van der Waals surface area contributed by atoms with E-state index in [1.165, 1.54) is 18.2 Å². The summed E-state index contributed by atoms with van der Waals surface area (Å²) in [6.45, 7) is 1.80. The van der Waals surface area contributed by atoms with E-state index in [1.54, 1.807) is 30.5 Å². The Kier molecular flexibility index (Phi) is 6.90. The number of fused-ring (bicyclic) bond motifs is 2. The second-order valence-electron chi connectivity index (χ2n) is 9.92. The van der Waals surface area contributed by atoms with Gasteiger partial charge in [0.25, 0.3) is 5.91 Å². The molecule has 0 aliphatic carbocycles. The first-order chi connectivity index (χ1) is 20.1. The number of piperazine rings is 1.